The van der Waals surface area contributed by atoms with Crippen LogP contribution < -0.4 is 14.8 Å². The summed E-state index contributed by atoms with van der Waals surface area (Å²) in [4.78, 5) is 0. The highest BCUT2D eigenvalue weighted by molar-refractivity contribution is 9.10. The van der Waals surface area contributed by atoms with E-state index >= 15 is 0 Å². The number of anilines is 2. The molecule has 0 aliphatic heterocycles. The molecule has 7 heteroatoms. The Labute approximate surface area is 196 Å². The number of nitrogens with zero attached hydrogens (tertiary/aromatic N) is 3. The molecule has 2 aromatic heterocycles. The van der Waals surface area contributed by atoms with Gasteiger partial charge in [-0.05, 0) is 64.4 Å². The lowest BCUT2D eigenvalue weighted by molar-refractivity contribution is 0.336. The molecular formula is C25H27BrN4O2. The van der Waals surface area contributed by atoms with Gasteiger partial charge in [-0.1, -0.05) is 22.0 Å². The van der Waals surface area contributed by atoms with Crippen molar-refractivity contribution in [3.63, 3.8) is 0 Å². The van der Waals surface area contributed by atoms with Crippen LogP contribution in [0.5, 0.6) is 11.5 Å². The molecule has 0 aliphatic rings. The first-order valence-corrected chi connectivity index (χ1v) is 11.3. The van der Waals surface area contributed by atoms with Crippen molar-refractivity contribution in [3.8, 4) is 17.2 Å². The zero-order valence-electron chi connectivity index (χ0n) is 19.2. The largest absolute Gasteiger partial charge is 0.494 e. The third-order valence-electron chi connectivity index (χ3n) is 5.68. The van der Waals surface area contributed by atoms with Gasteiger partial charge in [-0.3, -0.25) is 0 Å². The van der Waals surface area contributed by atoms with E-state index in [2.05, 4.69) is 68.9 Å². The molecule has 0 atom stereocenters. The molecule has 0 unspecified atom stereocenters. The second-order valence-electron chi connectivity index (χ2n) is 7.75. The van der Waals surface area contributed by atoms with Gasteiger partial charge in [-0.15, -0.1) is 5.10 Å². The molecule has 1 N–H and O–H groups in total. The molecule has 2 aromatic carbocycles. The molecule has 166 valence electrons. The Hall–Kier alpha value is -3.06. The summed E-state index contributed by atoms with van der Waals surface area (Å²) in [6, 6.07) is 12.1. The summed E-state index contributed by atoms with van der Waals surface area (Å²) >= 11 is 3.61. The van der Waals surface area contributed by atoms with E-state index in [0.29, 0.717) is 6.61 Å². The van der Waals surface area contributed by atoms with Crippen molar-refractivity contribution in [1.82, 2.24) is 14.8 Å². The lowest BCUT2D eigenvalue weighted by Crippen LogP contribution is -2.03. The number of halogens is 1. The lowest BCUT2D eigenvalue weighted by Gasteiger charge is -2.15. The molecule has 0 fully saturated rings. The fourth-order valence-corrected chi connectivity index (χ4v) is 4.53. The molecule has 0 saturated heterocycles. The minimum Gasteiger partial charge on any atom is -0.494 e. The van der Waals surface area contributed by atoms with Crippen molar-refractivity contribution in [3.05, 3.63) is 63.5 Å². The number of aryl methyl sites for hydroxylation is 4. The number of fused-ring (bicyclic) bond motifs is 1. The zero-order chi connectivity index (χ0) is 23.0. The van der Waals surface area contributed by atoms with Crippen molar-refractivity contribution in [1.29, 1.82) is 0 Å². The molecule has 0 amide bonds. The maximum absolute atomic E-state index is 5.72. The molecule has 6 nitrogen and oxygen atoms in total. The molecule has 0 bridgehead atoms. The Morgan fingerprint density at radius 2 is 1.72 bits per heavy atom. The smallest absolute Gasteiger partial charge is 0.162 e. The van der Waals surface area contributed by atoms with Crippen LogP contribution in [0.15, 0.2) is 40.9 Å². The molecule has 4 rings (SSSR count). The predicted molar refractivity (Wildman–Crippen MR) is 133 cm³/mol. The Kier molecular flexibility index (Phi) is 6.11. The zero-order valence-corrected chi connectivity index (χ0v) is 20.8. The predicted octanol–water partition coefficient (Wildman–Crippen LogP) is 6.57. The second-order valence-corrected chi connectivity index (χ2v) is 8.60. The van der Waals surface area contributed by atoms with Crippen molar-refractivity contribution in [2.75, 3.05) is 19.0 Å². The van der Waals surface area contributed by atoms with Gasteiger partial charge in [0.05, 0.1) is 25.1 Å². The van der Waals surface area contributed by atoms with E-state index in [9.17, 15) is 0 Å². The van der Waals surface area contributed by atoms with Gasteiger partial charge in [0, 0.05) is 38.4 Å². The number of hydrogen-bond acceptors (Lipinski definition) is 5. The van der Waals surface area contributed by atoms with Crippen molar-refractivity contribution in [2.45, 2.75) is 34.6 Å². The normalized spacial score (nSPS) is 11.1. The van der Waals surface area contributed by atoms with E-state index in [1.807, 2.05) is 38.1 Å². The lowest BCUT2D eigenvalue weighted by atomic mass is 10.1. The Balaban J connectivity index is 1.90. The fraction of sp³-hybridized carbons (Fsp3) is 0.280. The summed E-state index contributed by atoms with van der Waals surface area (Å²) < 4.78 is 14.6. The number of ether oxygens (including phenoxy) is 2. The van der Waals surface area contributed by atoms with Crippen LogP contribution in [0.4, 0.5) is 11.5 Å². The maximum atomic E-state index is 5.72. The highest BCUT2D eigenvalue weighted by Gasteiger charge is 2.21. The van der Waals surface area contributed by atoms with Gasteiger partial charge in [-0.2, -0.15) is 5.10 Å². The summed E-state index contributed by atoms with van der Waals surface area (Å²) in [5.41, 5.74) is 6.11. The van der Waals surface area contributed by atoms with Crippen LogP contribution in [-0.4, -0.2) is 28.5 Å². The molecule has 0 spiro atoms. The fourth-order valence-electron chi connectivity index (χ4n) is 4.15. The number of aromatic nitrogens is 3. The van der Waals surface area contributed by atoms with E-state index in [1.54, 1.807) is 7.11 Å². The van der Waals surface area contributed by atoms with E-state index in [-0.39, 0.29) is 0 Å². The number of benzene rings is 2. The first-order valence-electron chi connectivity index (χ1n) is 10.5. The Morgan fingerprint density at radius 3 is 2.41 bits per heavy atom. The van der Waals surface area contributed by atoms with Crippen molar-refractivity contribution < 1.29 is 9.47 Å². The summed E-state index contributed by atoms with van der Waals surface area (Å²) in [6.45, 7) is 10.8. The highest BCUT2D eigenvalue weighted by atomic mass is 79.9. The van der Waals surface area contributed by atoms with E-state index in [0.717, 1.165) is 61.0 Å². The average molecular weight is 495 g/mol. The third kappa shape index (κ3) is 3.81. The Morgan fingerprint density at radius 1 is 0.969 bits per heavy atom. The van der Waals surface area contributed by atoms with Gasteiger partial charge in [0.2, 0.25) is 0 Å². The molecule has 0 radical (unpaired) electrons. The van der Waals surface area contributed by atoms with Gasteiger partial charge >= 0.3 is 0 Å². The minimum atomic E-state index is 0.606. The Bertz CT molecular complexity index is 1310. The maximum Gasteiger partial charge on any atom is 0.162 e. The standard InChI is InChI=1S/C25H27BrN4O2/c1-7-32-19-10-11-21(22(13-19)31-6)30-16(4)23-15(3)28-29-25(24(23)17(30)5)27-18-9-8-14(2)20(26)12-18/h8-13H,7H2,1-6H3,(H,27,29). The first-order chi connectivity index (χ1) is 15.3. The van der Waals surface area contributed by atoms with Crippen LogP contribution >= 0.6 is 15.9 Å². The summed E-state index contributed by atoms with van der Waals surface area (Å²) in [7, 11) is 1.68. The van der Waals surface area contributed by atoms with Crippen LogP contribution in [0.25, 0.3) is 16.5 Å². The molecule has 2 heterocycles. The summed E-state index contributed by atoms with van der Waals surface area (Å²) in [6.07, 6.45) is 0. The van der Waals surface area contributed by atoms with Gasteiger partial charge in [0.1, 0.15) is 11.5 Å². The van der Waals surface area contributed by atoms with Gasteiger partial charge < -0.3 is 19.4 Å². The van der Waals surface area contributed by atoms with Gasteiger partial charge in [0.25, 0.3) is 0 Å². The number of rotatable bonds is 6. The quantitative estimate of drug-likeness (QED) is 0.328. The summed E-state index contributed by atoms with van der Waals surface area (Å²) in [5.74, 6) is 2.26. The summed E-state index contributed by atoms with van der Waals surface area (Å²) in [5, 5.41) is 14.5. The van der Waals surface area contributed by atoms with E-state index in [1.165, 1.54) is 5.56 Å². The van der Waals surface area contributed by atoms with Gasteiger partial charge in [0.15, 0.2) is 5.82 Å². The van der Waals surface area contributed by atoms with E-state index in [4.69, 9.17) is 9.47 Å². The van der Waals surface area contributed by atoms with Crippen LogP contribution in [0.3, 0.4) is 0 Å². The molecule has 0 saturated carbocycles. The average Bonchev–Trinajstić information content (AvgIpc) is 3.04. The highest BCUT2D eigenvalue weighted by Crippen LogP contribution is 2.38. The van der Waals surface area contributed by atoms with Crippen LogP contribution in [0.2, 0.25) is 0 Å². The van der Waals surface area contributed by atoms with Crippen molar-refractivity contribution in [2.24, 2.45) is 0 Å². The molecule has 32 heavy (non-hydrogen) atoms. The molecule has 0 aliphatic carbocycles. The topological polar surface area (TPSA) is 61.2 Å². The number of hydrogen-bond donors (Lipinski definition) is 1. The SMILES string of the molecule is CCOc1ccc(-n2c(C)c3c(C)nnc(Nc4ccc(C)c(Br)c4)c3c2C)c(OC)c1. The monoisotopic (exact) mass is 494 g/mol. The number of methoxy groups -OCH3 is 1. The van der Waals surface area contributed by atoms with E-state index < -0.39 is 0 Å². The second kappa shape index (κ2) is 8.82. The van der Waals surface area contributed by atoms with Crippen LogP contribution in [0, 0.1) is 27.7 Å². The number of nitrogens with one attached hydrogen (secondary N) is 1. The van der Waals surface area contributed by atoms with Crippen LogP contribution in [0.1, 0.15) is 29.6 Å². The minimum absolute atomic E-state index is 0.606. The third-order valence-corrected chi connectivity index (χ3v) is 6.54. The van der Waals surface area contributed by atoms with Crippen LogP contribution in [-0.2, 0) is 0 Å². The van der Waals surface area contributed by atoms with Crippen molar-refractivity contribution >= 4 is 38.2 Å². The van der Waals surface area contributed by atoms with Gasteiger partial charge in [-0.25, -0.2) is 0 Å². The molecule has 4 aromatic rings. The molecular weight excluding hydrogens is 468 g/mol. The first kappa shape index (κ1) is 22.1.